The lowest BCUT2D eigenvalue weighted by atomic mass is 10.2. The van der Waals surface area contributed by atoms with E-state index in [9.17, 15) is 0 Å². The van der Waals surface area contributed by atoms with Gasteiger partial charge in [0.25, 0.3) is 0 Å². The van der Waals surface area contributed by atoms with E-state index in [0.717, 1.165) is 40.2 Å². The molecule has 29 heavy (non-hydrogen) atoms. The van der Waals surface area contributed by atoms with Crippen LogP contribution in [0.3, 0.4) is 0 Å². The van der Waals surface area contributed by atoms with Crippen LogP contribution in [0, 0.1) is 13.8 Å². The van der Waals surface area contributed by atoms with Gasteiger partial charge in [0.2, 0.25) is 11.7 Å². The molecular weight excluding hydrogens is 422 g/mol. The number of rotatable bonds is 6. The van der Waals surface area contributed by atoms with Gasteiger partial charge in [0.05, 0.1) is 17.2 Å². The fourth-order valence-corrected chi connectivity index (χ4v) is 6.22. The monoisotopic (exact) mass is 443 g/mol. The molecule has 0 aromatic carbocycles. The highest BCUT2D eigenvalue weighted by molar-refractivity contribution is 7.98. The minimum atomic E-state index is 0.599. The zero-order valence-corrected chi connectivity index (χ0v) is 18.8. The molecule has 6 nitrogen and oxygen atoms in total. The van der Waals surface area contributed by atoms with Crippen LogP contribution in [0.15, 0.2) is 27.1 Å². The SMILES string of the molecule is Cc1sc2nc(CN3CCCC3)nc(SCc3nc(-c4cccs4)no3)c2c1C. The fourth-order valence-electron chi connectivity index (χ4n) is 3.52. The summed E-state index contributed by atoms with van der Waals surface area (Å²) in [5.74, 6) is 2.78. The van der Waals surface area contributed by atoms with Gasteiger partial charge >= 0.3 is 0 Å². The number of nitrogens with zero attached hydrogens (tertiary/aromatic N) is 5. The quantitative estimate of drug-likeness (QED) is 0.295. The lowest BCUT2D eigenvalue weighted by Crippen LogP contribution is -2.20. The lowest BCUT2D eigenvalue weighted by molar-refractivity contribution is 0.322. The Balaban J connectivity index is 1.41. The molecular formula is C20H21N5OS3. The molecule has 4 aromatic heterocycles. The van der Waals surface area contributed by atoms with Gasteiger partial charge in [-0.25, -0.2) is 9.97 Å². The summed E-state index contributed by atoms with van der Waals surface area (Å²) in [4.78, 5) is 20.2. The van der Waals surface area contributed by atoms with Gasteiger partial charge in [-0.15, -0.1) is 22.7 Å². The second-order valence-electron chi connectivity index (χ2n) is 7.17. The third-order valence-corrected chi connectivity index (χ3v) is 8.07. The second kappa shape index (κ2) is 8.14. The lowest BCUT2D eigenvalue weighted by Gasteiger charge is -2.14. The topological polar surface area (TPSA) is 67.9 Å². The Hall–Kier alpha value is -1.81. The summed E-state index contributed by atoms with van der Waals surface area (Å²) in [6, 6.07) is 3.99. The van der Waals surface area contributed by atoms with E-state index in [-0.39, 0.29) is 0 Å². The standard InChI is InChI=1S/C20H21N5OS3/c1-12-13(2)29-20-17(12)19(21-15(22-20)10-25-7-3-4-8-25)28-11-16-23-18(24-26-16)14-6-5-9-27-14/h5-6,9H,3-4,7-8,10-11H2,1-2H3. The third kappa shape index (κ3) is 3.96. The Bertz CT molecular complexity index is 1130. The van der Waals surface area contributed by atoms with Crippen LogP contribution >= 0.6 is 34.4 Å². The van der Waals surface area contributed by atoms with Gasteiger partial charge in [0.1, 0.15) is 15.7 Å². The molecule has 0 amide bonds. The Morgan fingerprint density at radius 3 is 2.83 bits per heavy atom. The van der Waals surface area contributed by atoms with Gasteiger partial charge in [0.15, 0.2) is 0 Å². The predicted molar refractivity (Wildman–Crippen MR) is 119 cm³/mol. The number of fused-ring (bicyclic) bond motifs is 1. The molecule has 0 aliphatic carbocycles. The molecule has 0 atom stereocenters. The molecule has 1 fully saturated rings. The first-order valence-corrected chi connectivity index (χ1v) is 12.3. The van der Waals surface area contributed by atoms with Crippen LogP contribution < -0.4 is 0 Å². The molecule has 5 heterocycles. The van der Waals surface area contributed by atoms with E-state index in [1.54, 1.807) is 34.4 Å². The van der Waals surface area contributed by atoms with Gasteiger partial charge in [-0.2, -0.15) is 4.98 Å². The molecule has 0 spiro atoms. The maximum Gasteiger partial charge on any atom is 0.237 e. The number of hydrogen-bond acceptors (Lipinski definition) is 9. The number of likely N-dealkylation sites (tertiary alicyclic amines) is 1. The molecule has 1 aliphatic rings. The maximum absolute atomic E-state index is 5.47. The minimum Gasteiger partial charge on any atom is -0.338 e. The van der Waals surface area contributed by atoms with E-state index < -0.39 is 0 Å². The van der Waals surface area contributed by atoms with Gasteiger partial charge in [-0.1, -0.05) is 23.0 Å². The Labute approximate surface area is 181 Å². The number of aromatic nitrogens is 4. The smallest absolute Gasteiger partial charge is 0.237 e. The van der Waals surface area contributed by atoms with E-state index in [4.69, 9.17) is 14.5 Å². The summed E-state index contributed by atoms with van der Waals surface area (Å²) in [5, 5.41) is 8.31. The molecule has 5 rings (SSSR count). The number of thioether (sulfide) groups is 1. The molecule has 1 aliphatic heterocycles. The summed E-state index contributed by atoms with van der Waals surface area (Å²) < 4.78 is 5.47. The highest BCUT2D eigenvalue weighted by Gasteiger charge is 2.19. The summed E-state index contributed by atoms with van der Waals surface area (Å²) in [5.41, 5.74) is 1.27. The normalized spacial score (nSPS) is 15.0. The van der Waals surface area contributed by atoms with Crippen molar-refractivity contribution in [1.82, 2.24) is 25.0 Å². The van der Waals surface area contributed by atoms with Crippen molar-refractivity contribution in [2.24, 2.45) is 0 Å². The number of thiophene rings is 2. The molecule has 0 bridgehead atoms. The fraction of sp³-hybridized carbons (Fsp3) is 0.400. The molecule has 150 valence electrons. The molecule has 0 radical (unpaired) electrons. The molecule has 4 aromatic rings. The third-order valence-electron chi connectivity index (χ3n) is 5.15. The van der Waals surface area contributed by atoms with Crippen LogP contribution in [0.1, 0.15) is 35.0 Å². The molecule has 9 heteroatoms. The van der Waals surface area contributed by atoms with Crippen LogP contribution in [0.5, 0.6) is 0 Å². The van der Waals surface area contributed by atoms with E-state index in [0.29, 0.717) is 17.5 Å². The van der Waals surface area contributed by atoms with Crippen LogP contribution in [0.4, 0.5) is 0 Å². The summed E-state index contributed by atoms with van der Waals surface area (Å²) >= 11 is 5.03. The summed E-state index contributed by atoms with van der Waals surface area (Å²) in [7, 11) is 0. The van der Waals surface area contributed by atoms with Crippen molar-refractivity contribution in [1.29, 1.82) is 0 Å². The average molecular weight is 444 g/mol. The predicted octanol–water partition coefficient (Wildman–Crippen LogP) is 5.31. The largest absolute Gasteiger partial charge is 0.338 e. The van der Waals surface area contributed by atoms with Crippen molar-refractivity contribution >= 4 is 44.7 Å². The van der Waals surface area contributed by atoms with Gasteiger partial charge in [0, 0.05) is 10.3 Å². The van der Waals surface area contributed by atoms with Crippen LogP contribution in [-0.4, -0.2) is 38.1 Å². The van der Waals surface area contributed by atoms with Crippen molar-refractivity contribution in [2.75, 3.05) is 13.1 Å². The highest BCUT2D eigenvalue weighted by atomic mass is 32.2. The molecule has 0 unspecified atom stereocenters. The Morgan fingerprint density at radius 1 is 1.17 bits per heavy atom. The van der Waals surface area contributed by atoms with Gasteiger partial charge < -0.3 is 4.52 Å². The van der Waals surface area contributed by atoms with Gasteiger partial charge in [-0.3, -0.25) is 4.90 Å². The van der Waals surface area contributed by atoms with E-state index in [1.165, 1.54) is 28.7 Å². The average Bonchev–Trinajstić information content (AvgIpc) is 3.49. The minimum absolute atomic E-state index is 0.599. The summed E-state index contributed by atoms with van der Waals surface area (Å²) in [6.07, 6.45) is 2.54. The highest BCUT2D eigenvalue weighted by Crippen LogP contribution is 2.36. The number of aryl methyl sites for hydroxylation is 2. The zero-order valence-electron chi connectivity index (χ0n) is 16.3. The van der Waals surface area contributed by atoms with Crippen LogP contribution in [0.2, 0.25) is 0 Å². The Kier molecular flexibility index (Phi) is 5.38. The van der Waals surface area contributed by atoms with Gasteiger partial charge in [-0.05, 0) is 56.8 Å². The van der Waals surface area contributed by atoms with E-state index >= 15 is 0 Å². The number of hydrogen-bond donors (Lipinski definition) is 0. The first kappa shape index (κ1) is 19.2. The van der Waals surface area contributed by atoms with Crippen LogP contribution in [0.25, 0.3) is 20.9 Å². The zero-order chi connectivity index (χ0) is 19.8. The van der Waals surface area contributed by atoms with Crippen LogP contribution in [-0.2, 0) is 12.3 Å². The first-order chi connectivity index (χ1) is 14.2. The molecule has 0 saturated carbocycles. The second-order valence-corrected chi connectivity index (χ2v) is 10.3. The van der Waals surface area contributed by atoms with E-state index in [1.807, 2.05) is 17.5 Å². The molecule has 0 N–H and O–H groups in total. The van der Waals surface area contributed by atoms with Crippen molar-refractivity contribution < 1.29 is 4.52 Å². The van der Waals surface area contributed by atoms with E-state index in [2.05, 4.69) is 28.9 Å². The maximum atomic E-state index is 5.47. The van der Waals surface area contributed by atoms with Crippen molar-refractivity contribution in [3.8, 4) is 10.7 Å². The van der Waals surface area contributed by atoms with Crippen molar-refractivity contribution in [3.05, 3.63) is 39.7 Å². The van der Waals surface area contributed by atoms with Crippen molar-refractivity contribution in [3.63, 3.8) is 0 Å². The first-order valence-electron chi connectivity index (χ1n) is 9.65. The molecule has 1 saturated heterocycles. The van der Waals surface area contributed by atoms with Crippen molar-refractivity contribution in [2.45, 2.75) is 44.0 Å². The summed E-state index contributed by atoms with van der Waals surface area (Å²) in [6.45, 7) is 7.41. The Morgan fingerprint density at radius 2 is 2.03 bits per heavy atom.